The molecule has 2 heterocycles. The van der Waals surface area contributed by atoms with Crippen LogP contribution in [0.2, 0.25) is 5.02 Å². The summed E-state index contributed by atoms with van der Waals surface area (Å²) in [6, 6.07) is 39.8. The van der Waals surface area contributed by atoms with E-state index in [1.807, 2.05) is 18.2 Å². The summed E-state index contributed by atoms with van der Waals surface area (Å²) in [6.07, 6.45) is 6.17. The van der Waals surface area contributed by atoms with E-state index in [0.29, 0.717) is 34.1 Å². The van der Waals surface area contributed by atoms with Crippen LogP contribution in [0, 0.1) is 0 Å². The van der Waals surface area contributed by atoms with Gasteiger partial charge < -0.3 is 0 Å². The van der Waals surface area contributed by atoms with Gasteiger partial charge in [-0.1, -0.05) is 11.6 Å². The first-order valence-electron chi connectivity index (χ1n) is 16.6. The summed E-state index contributed by atoms with van der Waals surface area (Å²) in [4.78, 5) is 42.8. The molecule has 0 bridgehead atoms. The summed E-state index contributed by atoms with van der Waals surface area (Å²) in [5, 5.41) is 11.0. The van der Waals surface area contributed by atoms with Crippen molar-refractivity contribution >= 4 is 77.5 Å². The Bertz CT molecular complexity index is 2090. The SMILES string of the molecule is COC(=O)Nc1ccc(-n2cc(C(=O)c3ccc(Cl)cn3)cn2)c(NC(=O)CCCCP(Br)(c2ccccc2)(c2ccccc2)c2ccccc2)c1. The van der Waals surface area contributed by atoms with Crippen LogP contribution in [0.5, 0.6) is 0 Å². The maximum absolute atomic E-state index is 13.6. The van der Waals surface area contributed by atoms with Gasteiger partial charge in [-0.3, -0.25) is 9.78 Å². The van der Waals surface area contributed by atoms with Crippen LogP contribution in [0.15, 0.2) is 140 Å². The molecule has 52 heavy (non-hydrogen) atoms. The van der Waals surface area contributed by atoms with Crippen LogP contribution >= 0.6 is 32.4 Å². The van der Waals surface area contributed by atoms with Gasteiger partial charge in [0.2, 0.25) is 0 Å². The summed E-state index contributed by atoms with van der Waals surface area (Å²) in [7, 11) is 1.27. The number of nitrogens with one attached hydrogen (secondary N) is 2. The molecule has 9 nitrogen and oxygen atoms in total. The summed E-state index contributed by atoms with van der Waals surface area (Å²) >= 11 is 10.4. The zero-order valence-corrected chi connectivity index (χ0v) is 31.5. The molecule has 0 atom stereocenters. The van der Waals surface area contributed by atoms with Gasteiger partial charge in [-0.25, -0.2) is 0 Å². The molecule has 0 aliphatic carbocycles. The molecule has 2 aromatic heterocycles. The second kappa shape index (κ2) is 16.0. The van der Waals surface area contributed by atoms with Crippen molar-refractivity contribution in [1.82, 2.24) is 14.8 Å². The van der Waals surface area contributed by atoms with Gasteiger partial charge in [-0.15, -0.1) is 0 Å². The molecule has 12 heteroatoms. The number of methoxy groups -OCH3 is 1. The van der Waals surface area contributed by atoms with E-state index in [2.05, 4.69) is 109 Å². The molecule has 6 aromatic rings. The molecule has 0 unspecified atom stereocenters. The first-order valence-corrected chi connectivity index (χ1v) is 21.4. The van der Waals surface area contributed by atoms with Crippen molar-refractivity contribution in [1.29, 1.82) is 0 Å². The van der Waals surface area contributed by atoms with E-state index >= 15 is 0 Å². The van der Waals surface area contributed by atoms with Crippen molar-refractivity contribution in [2.45, 2.75) is 19.3 Å². The van der Waals surface area contributed by atoms with Crippen LogP contribution in [-0.2, 0) is 9.53 Å². The average Bonchev–Trinajstić information content (AvgIpc) is 3.68. The summed E-state index contributed by atoms with van der Waals surface area (Å²) in [6.45, 7) is 0. The summed E-state index contributed by atoms with van der Waals surface area (Å²) in [5.41, 5.74) is 1.82. The van der Waals surface area contributed by atoms with E-state index in [1.54, 1.807) is 36.5 Å². The number of amides is 2. The number of hydrogen-bond acceptors (Lipinski definition) is 6. The second-order valence-corrected chi connectivity index (χ2v) is 21.6. The van der Waals surface area contributed by atoms with Gasteiger partial charge in [0.05, 0.1) is 12.1 Å². The van der Waals surface area contributed by atoms with Crippen LogP contribution in [0.4, 0.5) is 16.2 Å². The number of hydrogen-bond donors (Lipinski definition) is 2. The Kier molecular flexibility index (Phi) is 11.3. The van der Waals surface area contributed by atoms with Crippen LogP contribution in [-0.4, -0.2) is 45.8 Å². The van der Waals surface area contributed by atoms with Crippen LogP contribution < -0.4 is 26.5 Å². The number of pyridine rings is 1. The Morgan fingerprint density at radius 3 is 1.96 bits per heavy atom. The van der Waals surface area contributed by atoms with Crippen molar-refractivity contribution in [3.63, 3.8) is 0 Å². The van der Waals surface area contributed by atoms with Gasteiger partial charge in [-0.2, -0.15) is 0 Å². The van der Waals surface area contributed by atoms with Gasteiger partial charge in [-0.05, 0) is 12.1 Å². The summed E-state index contributed by atoms with van der Waals surface area (Å²) < 4.78 is 6.25. The second-order valence-electron chi connectivity index (χ2n) is 12.1. The standard InChI is InChI=1S/C40H36BrClN5O4P/c1-51-40(50)45-31-21-23-37(47-28-29(26-44-47)39(49)35-22-20-30(42)27-43-35)36(25-31)46-38(48)19-11-12-24-52(41,32-13-5-2-6-14-32,33-15-7-3-8-16-33)34-17-9-4-10-18-34/h2-10,13-18,20-23,25-28H,11-12,19,24H2,1H3,(H,45,50)(H,46,48). The Balaban J connectivity index is 1.23. The van der Waals surface area contributed by atoms with Crippen molar-refractivity contribution in [3.05, 3.63) is 156 Å². The van der Waals surface area contributed by atoms with Crippen LogP contribution in [0.1, 0.15) is 35.3 Å². The van der Waals surface area contributed by atoms with Gasteiger partial charge >= 0.3 is 259 Å². The van der Waals surface area contributed by atoms with E-state index in [9.17, 15) is 14.4 Å². The summed E-state index contributed by atoms with van der Waals surface area (Å²) in [5.74, 6) is -0.540. The normalized spacial score (nSPS) is 11.9. The predicted molar refractivity (Wildman–Crippen MR) is 214 cm³/mol. The zero-order valence-electron chi connectivity index (χ0n) is 28.3. The molecule has 4 aromatic carbocycles. The Labute approximate surface area is 315 Å². The van der Waals surface area contributed by atoms with Crippen molar-refractivity contribution < 1.29 is 19.1 Å². The topological polar surface area (TPSA) is 115 Å². The molecule has 6 rings (SSSR count). The molecule has 2 N–H and O–H groups in total. The number of aromatic nitrogens is 3. The number of ether oxygens (including phenoxy) is 1. The predicted octanol–water partition coefficient (Wildman–Crippen LogP) is 8.28. The number of carbonyl (C=O) groups excluding carboxylic acids is 3. The molecule has 2 amide bonds. The Hall–Kier alpha value is -5.15. The van der Waals surface area contributed by atoms with Gasteiger partial charge in [0.1, 0.15) is 5.69 Å². The third kappa shape index (κ3) is 7.70. The third-order valence-electron chi connectivity index (χ3n) is 8.87. The number of ketones is 1. The van der Waals surface area contributed by atoms with Crippen LogP contribution in [0.3, 0.4) is 0 Å². The van der Waals surface area contributed by atoms with Crippen LogP contribution in [0.25, 0.3) is 5.69 Å². The molecule has 264 valence electrons. The molecule has 0 fully saturated rings. The first-order chi connectivity index (χ1) is 25.2. The molecule has 0 aliphatic rings. The van der Waals surface area contributed by atoms with E-state index in [-0.39, 0.29) is 23.8 Å². The molecule has 0 aliphatic heterocycles. The molecular weight excluding hydrogens is 761 g/mol. The minimum absolute atomic E-state index is 0.209. The van der Waals surface area contributed by atoms with Crippen molar-refractivity contribution in [3.8, 4) is 5.69 Å². The fourth-order valence-corrected chi connectivity index (χ4v) is 14.1. The number of rotatable bonds is 13. The van der Waals surface area contributed by atoms with Gasteiger partial charge in [0, 0.05) is 6.20 Å². The van der Waals surface area contributed by atoms with E-state index < -0.39 is 11.4 Å². The molecule has 0 spiro atoms. The molecule has 0 saturated heterocycles. The number of unbranched alkanes of at least 4 members (excludes halogenated alkanes) is 1. The quantitative estimate of drug-likeness (QED) is 0.0691. The molecule has 0 saturated carbocycles. The maximum atomic E-state index is 13.6. The average molecular weight is 797 g/mol. The number of halogens is 2. The Morgan fingerprint density at radius 2 is 1.40 bits per heavy atom. The van der Waals surface area contributed by atoms with E-state index in [1.165, 1.54) is 40.1 Å². The third-order valence-corrected chi connectivity index (χ3v) is 19.1. The van der Waals surface area contributed by atoms with Crippen molar-refractivity contribution in [2.24, 2.45) is 0 Å². The number of carbonyl (C=O) groups is 3. The molecular formula is C40H36BrClN5O4P. The van der Waals surface area contributed by atoms with Crippen molar-refractivity contribution in [2.75, 3.05) is 23.9 Å². The first kappa shape index (κ1) is 36.6. The minimum atomic E-state index is -3.13. The monoisotopic (exact) mass is 795 g/mol. The number of anilines is 2. The number of nitrogens with zero attached hydrogens (tertiary/aromatic N) is 3. The fourth-order valence-electron chi connectivity index (χ4n) is 6.27. The van der Waals surface area contributed by atoms with Gasteiger partial charge in [0.25, 0.3) is 0 Å². The van der Waals surface area contributed by atoms with E-state index in [4.69, 9.17) is 16.3 Å². The van der Waals surface area contributed by atoms with Gasteiger partial charge in [0.15, 0.2) is 0 Å². The number of benzene rings is 4. The Morgan fingerprint density at radius 1 is 0.788 bits per heavy atom. The molecule has 0 radical (unpaired) electrons. The van der Waals surface area contributed by atoms with E-state index in [0.717, 1.165) is 12.6 Å². The fraction of sp³-hybridized carbons (Fsp3) is 0.125. The zero-order chi connectivity index (χ0) is 36.6.